The van der Waals surface area contributed by atoms with Crippen LogP contribution >= 0.6 is 0 Å². The molecule has 1 fully saturated rings. The monoisotopic (exact) mass is 286 g/mol. The van der Waals surface area contributed by atoms with Crippen molar-refractivity contribution in [2.45, 2.75) is 32.7 Å². The average Bonchev–Trinajstić information content (AvgIpc) is 3.30. The summed E-state index contributed by atoms with van der Waals surface area (Å²) >= 11 is 0. The highest BCUT2D eigenvalue weighted by Crippen LogP contribution is 2.30. The van der Waals surface area contributed by atoms with Crippen LogP contribution in [-0.4, -0.2) is 31.6 Å². The minimum absolute atomic E-state index is 0.395. The average molecular weight is 286 g/mol. The molecule has 3 nitrogen and oxygen atoms in total. The smallest absolute Gasteiger partial charge is 0.119 e. The summed E-state index contributed by atoms with van der Waals surface area (Å²) in [5.41, 5.74) is 7.80. The van der Waals surface area contributed by atoms with Gasteiger partial charge in [-0.15, -0.1) is 0 Å². The molecule has 0 unspecified atom stereocenters. The first-order valence-electron chi connectivity index (χ1n) is 7.85. The van der Waals surface area contributed by atoms with Crippen molar-refractivity contribution in [3.63, 3.8) is 0 Å². The van der Waals surface area contributed by atoms with Crippen LogP contribution in [0.3, 0.4) is 0 Å². The number of rotatable bonds is 7. The number of benzene rings is 1. The van der Waals surface area contributed by atoms with Crippen LogP contribution in [0.2, 0.25) is 0 Å². The van der Waals surface area contributed by atoms with Crippen molar-refractivity contribution in [1.82, 2.24) is 4.90 Å². The summed E-state index contributed by atoms with van der Waals surface area (Å²) in [4.78, 5) is 2.54. The first kappa shape index (κ1) is 15.9. The Labute approximate surface area is 128 Å². The molecule has 0 saturated heterocycles. The standard InChI is InChI=1S/C18H26N2O/c1-3-11-20(13-15-6-7-15)14-17-12-18(21-2)9-8-16(17)5-4-10-19/h8-9,12,15H,3,6-7,10-11,13-14,19H2,1-2H3. The highest BCUT2D eigenvalue weighted by atomic mass is 16.5. The number of nitrogens with two attached hydrogens (primary N) is 1. The number of hydrogen-bond acceptors (Lipinski definition) is 3. The summed E-state index contributed by atoms with van der Waals surface area (Å²) in [6.45, 7) is 5.91. The molecule has 2 N–H and O–H groups in total. The molecule has 0 aromatic heterocycles. The van der Waals surface area contributed by atoms with Gasteiger partial charge in [0, 0.05) is 18.7 Å². The SMILES string of the molecule is CCCN(Cc1cc(OC)ccc1C#CCN)CC1CC1. The largest absolute Gasteiger partial charge is 0.497 e. The maximum atomic E-state index is 5.50. The normalized spacial score (nSPS) is 13.9. The van der Waals surface area contributed by atoms with Gasteiger partial charge in [-0.25, -0.2) is 0 Å². The van der Waals surface area contributed by atoms with Crippen molar-refractivity contribution < 1.29 is 4.74 Å². The lowest BCUT2D eigenvalue weighted by atomic mass is 10.1. The zero-order valence-corrected chi connectivity index (χ0v) is 13.2. The number of ether oxygens (including phenoxy) is 1. The van der Waals surface area contributed by atoms with Crippen LogP contribution in [0.1, 0.15) is 37.3 Å². The van der Waals surface area contributed by atoms with Crippen molar-refractivity contribution in [3.05, 3.63) is 29.3 Å². The summed E-state index contributed by atoms with van der Waals surface area (Å²) in [5, 5.41) is 0. The molecule has 0 aliphatic heterocycles. The van der Waals surface area contributed by atoms with E-state index in [4.69, 9.17) is 10.5 Å². The Morgan fingerprint density at radius 1 is 1.38 bits per heavy atom. The van der Waals surface area contributed by atoms with Gasteiger partial charge in [0.05, 0.1) is 13.7 Å². The van der Waals surface area contributed by atoms with Crippen molar-refractivity contribution >= 4 is 0 Å². The summed E-state index contributed by atoms with van der Waals surface area (Å²) in [6, 6.07) is 6.11. The van der Waals surface area contributed by atoms with Gasteiger partial charge in [0.1, 0.15) is 5.75 Å². The molecule has 0 bridgehead atoms. The van der Waals surface area contributed by atoms with Gasteiger partial charge < -0.3 is 10.5 Å². The Bertz CT molecular complexity index is 512. The van der Waals surface area contributed by atoms with Crippen LogP contribution in [0.5, 0.6) is 5.75 Å². The van der Waals surface area contributed by atoms with Crippen LogP contribution in [0, 0.1) is 17.8 Å². The first-order chi connectivity index (χ1) is 10.3. The van der Waals surface area contributed by atoms with Crippen molar-refractivity contribution in [1.29, 1.82) is 0 Å². The fraction of sp³-hybridized carbons (Fsp3) is 0.556. The highest BCUT2D eigenvalue weighted by Gasteiger charge is 2.24. The zero-order valence-electron chi connectivity index (χ0n) is 13.2. The van der Waals surface area contributed by atoms with Crippen molar-refractivity contribution in [2.75, 3.05) is 26.7 Å². The van der Waals surface area contributed by atoms with E-state index in [1.165, 1.54) is 31.4 Å². The lowest BCUT2D eigenvalue weighted by Crippen LogP contribution is -2.26. The second kappa shape index (κ2) is 8.07. The minimum atomic E-state index is 0.395. The number of nitrogens with zero attached hydrogens (tertiary/aromatic N) is 1. The van der Waals surface area contributed by atoms with E-state index in [1.54, 1.807) is 7.11 Å². The molecule has 2 rings (SSSR count). The zero-order chi connectivity index (χ0) is 15.1. The van der Waals surface area contributed by atoms with E-state index in [-0.39, 0.29) is 0 Å². The van der Waals surface area contributed by atoms with Crippen molar-refractivity contribution in [2.24, 2.45) is 11.7 Å². The summed E-state index contributed by atoms with van der Waals surface area (Å²) in [7, 11) is 1.71. The molecule has 0 spiro atoms. The van der Waals surface area contributed by atoms with E-state index in [9.17, 15) is 0 Å². The Morgan fingerprint density at radius 3 is 2.81 bits per heavy atom. The minimum Gasteiger partial charge on any atom is -0.497 e. The van der Waals surface area contributed by atoms with Gasteiger partial charge in [-0.3, -0.25) is 4.90 Å². The maximum Gasteiger partial charge on any atom is 0.119 e. The Hall–Kier alpha value is -1.50. The Balaban J connectivity index is 2.16. The third-order valence-corrected chi connectivity index (χ3v) is 3.78. The van der Waals surface area contributed by atoms with E-state index < -0.39 is 0 Å². The topological polar surface area (TPSA) is 38.5 Å². The van der Waals surface area contributed by atoms with Gasteiger partial charge in [0.25, 0.3) is 0 Å². The summed E-state index contributed by atoms with van der Waals surface area (Å²) in [5.74, 6) is 7.94. The summed E-state index contributed by atoms with van der Waals surface area (Å²) < 4.78 is 5.36. The second-order valence-corrected chi connectivity index (χ2v) is 5.71. The molecule has 0 radical (unpaired) electrons. The molecule has 3 heteroatoms. The van der Waals surface area contributed by atoms with Crippen LogP contribution in [0.15, 0.2) is 18.2 Å². The molecular formula is C18H26N2O. The molecule has 0 amide bonds. The van der Waals surface area contributed by atoms with Crippen molar-refractivity contribution in [3.8, 4) is 17.6 Å². The third kappa shape index (κ3) is 5.08. The Morgan fingerprint density at radius 2 is 2.19 bits per heavy atom. The van der Waals surface area contributed by atoms with Gasteiger partial charge in [-0.05, 0) is 55.5 Å². The Kier molecular flexibility index (Phi) is 6.10. The highest BCUT2D eigenvalue weighted by molar-refractivity contribution is 5.45. The van der Waals surface area contributed by atoms with Gasteiger partial charge in [0.2, 0.25) is 0 Å². The van der Waals surface area contributed by atoms with Gasteiger partial charge in [-0.2, -0.15) is 0 Å². The van der Waals surface area contributed by atoms with E-state index in [0.717, 1.165) is 30.3 Å². The molecule has 21 heavy (non-hydrogen) atoms. The lowest BCUT2D eigenvalue weighted by Gasteiger charge is -2.22. The van der Waals surface area contributed by atoms with E-state index in [0.29, 0.717) is 6.54 Å². The molecule has 1 aromatic carbocycles. The fourth-order valence-electron chi connectivity index (χ4n) is 2.55. The molecular weight excluding hydrogens is 260 g/mol. The van der Waals surface area contributed by atoms with Crippen LogP contribution in [-0.2, 0) is 6.54 Å². The molecule has 114 valence electrons. The van der Waals surface area contributed by atoms with E-state index in [2.05, 4.69) is 29.7 Å². The van der Waals surface area contributed by atoms with Crippen LogP contribution in [0.25, 0.3) is 0 Å². The van der Waals surface area contributed by atoms with E-state index >= 15 is 0 Å². The molecule has 0 atom stereocenters. The second-order valence-electron chi connectivity index (χ2n) is 5.71. The molecule has 1 aliphatic rings. The predicted octanol–water partition coefficient (Wildman–Crippen LogP) is 2.63. The van der Waals surface area contributed by atoms with Crippen LogP contribution in [0.4, 0.5) is 0 Å². The van der Waals surface area contributed by atoms with Gasteiger partial charge >= 0.3 is 0 Å². The molecule has 1 saturated carbocycles. The quantitative estimate of drug-likeness (QED) is 0.783. The molecule has 1 aliphatic carbocycles. The predicted molar refractivity (Wildman–Crippen MR) is 87.2 cm³/mol. The maximum absolute atomic E-state index is 5.50. The molecule has 0 heterocycles. The van der Waals surface area contributed by atoms with Crippen LogP contribution < -0.4 is 10.5 Å². The lowest BCUT2D eigenvalue weighted by molar-refractivity contribution is 0.254. The number of methoxy groups -OCH3 is 1. The first-order valence-corrected chi connectivity index (χ1v) is 7.85. The van der Waals surface area contributed by atoms with E-state index in [1.807, 2.05) is 12.1 Å². The third-order valence-electron chi connectivity index (χ3n) is 3.78. The van der Waals surface area contributed by atoms with Gasteiger partial charge in [-0.1, -0.05) is 18.8 Å². The summed E-state index contributed by atoms with van der Waals surface area (Å²) in [6.07, 6.45) is 3.96. The number of hydrogen-bond donors (Lipinski definition) is 1. The van der Waals surface area contributed by atoms with Gasteiger partial charge in [0.15, 0.2) is 0 Å². The fourth-order valence-corrected chi connectivity index (χ4v) is 2.55. The molecule has 1 aromatic rings.